The van der Waals surface area contributed by atoms with E-state index < -0.39 is 10.0 Å². The Kier molecular flexibility index (Phi) is 7.27. The van der Waals surface area contributed by atoms with Crippen molar-refractivity contribution in [1.82, 2.24) is 14.1 Å². The minimum atomic E-state index is -3.64. The smallest absolute Gasteiger partial charge is 0.243 e. The maximum atomic E-state index is 13.7. The molecule has 170 valence electrons. The largest absolute Gasteiger partial charge is 0.304 e. The molecule has 4 rings (SSSR count). The van der Waals surface area contributed by atoms with Crippen LogP contribution in [-0.2, 0) is 16.4 Å². The summed E-state index contributed by atoms with van der Waals surface area (Å²) in [6.45, 7) is 4.31. The lowest BCUT2D eigenvalue weighted by Gasteiger charge is -2.32. The van der Waals surface area contributed by atoms with Gasteiger partial charge < -0.3 is 4.90 Å². The third-order valence-electron chi connectivity index (χ3n) is 6.62. The molecule has 6 nitrogen and oxygen atoms in total. The molecule has 0 aromatic heterocycles. The van der Waals surface area contributed by atoms with Gasteiger partial charge in [-0.1, -0.05) is 48.9 Å². The van der Waals surface area contributed by atoms with Gasteiger partial charge in [-0.15, -0.1) is 0 Å². The number of benzene rings is 2. The quantitative estimate of drug-likeness (QED) is 0.673. The number of nitrogens with zero attached hydrogens (tertiary/aromatic N) is 4. The Bertz CT molecular complexity index is 1050. The van der Waals surface area contributed by atoms with Gasteiger partial charge in [0.05, 0.1) is 11.0 Å². The molecule has 2 aromatic carbocycles. The highest BCUT2D eigenvalue weighted by Crippen LogP contribution is 2.31. The van der Waals surface area contributed by atoms with E-state index in [0.717, 1.165) is 55.7 Å². The third kappa shape index (κ3) is 5.05. The van der Waals surface area contributed by atoms with E-state index in [1.807, 2.05) is 55.6 Å². The van der Waals surface area contributed by atoms with Crippen molar-refractivity contribution in [3.8, 4) is 17.2 Å². The Morgan fingerprint density at radius 2 is 1.62 bits per heavy atom. The van der Waals surface area contributed by atoms with Gasteiger partial charge in [-0.2, -0.15) is 9.57 Å². The Morgan fingerprint density at radius 1 is 0.938 bits per heavy atom. The van der Waals surface area contributed by atoms with Crippen molar-refractivity contribution in [2.75, 3.05) is 46.3 Å². The summed E-state index contributed by atoms with van der Waals surface area (Å²) in [6.07, 6.45) is 3.99. The maximum absolute atomic E-state index is 13.7. The Labute approximate surface area is 192 Å². The molecule has 0 N–H and O–H groups in total. The minimum Gasteiger partial charge on any atom is -0.304 e. The van der Waals surface area contributed by atoms with Crippen molar-refractivity contribution in [2.45, 2.75) is 36.6 Å². The molecular weight excluding hydrogens is 420 g/mol. The van der Waals surface area contributed by atoms with Gasteiger partial charge in [-0.3, -0.25) is 4.90 Å². The van der Waals surface area contributed by atoms with Crippen LogP contribution in [0.1, 0.15) is 24.8 Å². The third-order valence-corrected chi connectivity index (χ3v) is 8.56. The van der Waals surface area contributed by atoms with Crippen molar-refractivity contribution < 1.29 is 8.42 Å². The van der Waals surface area contributed by atoms with Crippen molar-refractivity contribution in [1.29, 1.82) is 5.26 Å². The van der Waals surface area contributed by atoms with Gasteiger partial charge in [0.25, 0.3) is 0 Å². The molecular formula is C25H32N4O2S. The van der Waals surface area contributed by atoms with Gasteiger partial charge in [0.15, 0.2) is 0 Å². The summed E-state index contributed by atoms with van der Waals surface area (Å²) in [7, 11) is -1.63. The molecule has 2 saturated heterocycles. The fourth-order valence-corrected chi connectivity index (χ4v) is 6.33. The normalized spacial score (nSPS) is 20.0. The molecule has 2 aliphatic heterocycles. The SMILES string of the molecule is CN1CCN(S(=O)(=O)c2cc(C[C@@H](C#N)N3CCCCC3)ccc2-c2ccccc2)CC1. The Balaban J connectivity index is 1.69. The van der Waals surface area contributed by atoms with E-state index >= 15 is 0 Å². The molecule has 0 radical (unpaired) electrons. The fourth-order valence-electron chi connectivity index (χ4n) is 4.64. The highest BCUT2D eigenvalue weighted by Gasteiger charge is 2.30. The second kappa shape index (κ2) is 10.1. The summed E-state index contributed by atoms with van der Waals surface area (Å²) in [6, 6.07) is 17.6. The summed E-state index contributed by atoms with van der Waals surface area (Å²) in [5.41, 5.74) is 2.51. The summed E-state index contributed by atoms with van der Waals surface area (Å²) >= 11 is 0. The van der Waals surface area contributed by atoms with E-state index in [1.54, 1.807) is 4.31 Å². The second-order valence-electron chi connectivity index (χ2n) is 8.85. The summed E-state index contributed by atoms with van der Waals surface area (Å²) < 4.78 is 29.1. The van der Waals surface area contributed by atoms with Crippen molar-refractivity contribution >= 4 is 10.0 Å². The number of nitriles is 1. The van der Waals surface area contributed by atoms with Crippen molar-refractivity contribution in [3.05, 3.63) is 54.1 Å². The summed E-state index contributed by atoms with van der Waals surface area (Å²) in [4.78, 5) is 4.74. The molecule has 1 atom stereocenters. The van der Waals surface area contributed by atoms with Crippen LogP contribution < -0.4 is 0 Å². The van der Waals surface area contributed by atoms with Crippen molar-refractivity contribution in [2.24, 2.45) is 0 Å². The number of hydrogen-bond donors (Lipinski definition) is 0. The summed E-state index contributed by atoms with van der Waals surface area (Å²) in [5.74, 6) is 0. The molecule has 2 fully saturated rings. The van der Waals surface area contributed by atoms with E-state index in [4.69, 9.17) is 0 Å². The van der Waals surface area contributed by atoms with Gasteiger partial charge in [0, 0.05) is 38.2 Å². The Morgan fingerprint density at radius 3 is 2.28 bits per heavy atom. The lowest BCUT2D eigenvalue weighted by Crippen LogP contribution is -2.47. The van der Waals surface area contributed by atoms with Gasteiger partial charge in [-0.05, 0) is 50.2 Å². The van der Waals surface area contributed by atoms with Crippen LogP contribution >= 0.6 is 0 Å². The van der Waals surface area contributed by atoms with Crippen LogP contribution in [0.4, 0.5) is 0 Å². The number of piperazine rings is 1. The molecule has 0 amide bonds. The minimum absolute atomic E-state index is 0.225. The molecule has 2 aliphatic rings. The molecule has 0 saturated carbocycles. The van der Waals surface area contributed by atoms with Crippen LogP contribution in [-0.4, -0.2) is 74.9 Å². The van der Waals surface area contributed by atoms with Crippen LogP contribution in [0.5, 0.6) is 0 Å². The molecule has 32 heavy (non-hydrogen) atoms. The first-order valence-corrected chi connectivity index (χ1v) is 12.9. The summed E-state index contributed by atoms with van der Waals surface area (Å²) in [5, 5.41) is 9.81. The zero-order valence-electron chi connectivity index (χ0n) is 18.8. The maximum Gasteiger partial charge on any atom is 0.243 e. The highest BCUT2D eigenvalue weighted by molar-refractivity contribution is 7.89. The lowest BCUT2D eigenvalue weighted by atomic mass is 9.99. The van der Waals surface area contributed by atoms with Crippen LogP contribution in [0.2, 0.25) is 0 Å². The first kappa shape index (κ1) is 22.9. The predicted molar refractivity (Wildman–Crippen MR) is 127 cm³/mol. The lowest BCUT2D eigenvalue weighted by molar-refractivity contribution is 0.194. The molecule has 2 aromatic rings. The Hall–Kier alpha value is -2.24. The van der Waals surface area contributed by atoms with E-state index in [9.17, 15) is 13.7 Å². The average molecular weight is 453 g/mol. The number of piperidine rings is 1. The van der Waals surface area contributed by atoms with E-state index in [1.165, 1.54) is 6.42 Å². The zero-order chi connectivity index (χ0) is 22.6. The highest BCUT2D eigenvalue weighted by atomic mass is 32.2. The van der Waals surface area contributed by atoms with Crippen LogP contribution in [0.3, 0.4) is 0 Å². The van der Waals surface area contributed by atoms with Crippen LogP contribution in [0.15, 0.2) is 53.4 Å². The predicted octanol–water partition coefficient (Wildman–Crippen LogP) is 3.21. The molecule has 7 heteroatoms. The molecule has 0 bridgehead atoms. The van der Waals surface area contributed by atoms with Crippen LogP contribution in [0.25, 0.3) is 11.1 Å². The molecule has 2 heterocycles. The van der Waals surface area contributed by atoms with E-state index in [2.05, 4.69) is 15.9 Å². The van der Waals surface area contributed by atoms with Crippen molar-refractivity contribution in [3.63, 3.8) is 0 Å². The fraction of sp³-hybridized carbons (Fsp3) is 0.480. The van der Waals surface area contributed by atoms with Gasteiger partial charge >= 0.3 is 0 Å². The molecule has 0 unspecified atom stereocenters. The first-order chi connectivity index (χ1) is 15.5. The second-order valence-corrected chi connectivity index (χ2v) is 10.8. The van der Waals surface area contributed by atoms with Crippen LogP contribution in [0, 0.1) is 11.3 Å². The number of rotatable bonds is 6. The van der Waals surface area contributed by atoms with Gasteiger partial charge in [-0.25, -0.2) is 8.42 Å². The number of hydrogen-bond acceptors (Lipinski definition) is 5. The van der Waals surface area contributed by atoms with Gasteiger partial charge in [0.1, 0.15) is 6.04 Å². The number of likely N-dealkylation sites (N-methyl/N-ethyl adjacent to an activating group) is 1. The number of likely N-dealkylation sites (tertiary alicyclic amines) is 1. The van der Waals surface area contributed by atoms with E-state index in [0.29, 0.717) is 24.4 Å². The van der Waals surface area contributed by atoms with Gasteiger partial charge in [0.2, 0.25) is 10.0 Å². The molecule has 0 aliphatic carbocycles. The number of sulfonamides is 1. The topological polar surface area (TPSA) is 67.6 Å². The van der Waals surface area contributed by atoms with E-state index in [-0.39, 0.29) is 6.04 Å². The standard InChI is InChI=1S/C25H32N4O2S/c1-27-14-16-29(17-15-27)32(30,31)25-19-21(10-11-24(25)22-8-4-2-5-9-22)18-23(20-26)28-12-6-3-7-13-28/h2,4-5,8-11,19,23H,3,6-7,12-18H2,1H3/t23-/m0/s1. The average Bonchev–Trinajstić information content (AvgIpc) is 2.84. The first-order valence-electron chi connectivity index (χ1n) is 11.5. The monoisotopic (exact) mass is 452 g/mol. The zero-order valence-corrected chi connectivity index (χ0v) is 19.6. The molecule has 0 spiro atoms.